The molecular weight excluding hydrogens is 230 g/mol. The lowest BCUT2D eigenvalue weighted by molar-refractivity contribution is 0.578. The molecule has 2 rings (SSSR count). The Kier molecular flexibility index (Phi) is 3.50. The standard InChI is InChI=1S/C13H13N3S/c1-9(2)11(6-14)12-8-17-13(16-12)10-4-3-5-15-7-10/h3-5,7-9,11H,1-2H3. The van der Waals surface area contributed by atoms with Crippen LogP contribution in [0.3, 0.4) is 0 Å². The summed E-state index contributed by atoms with van der Waals surface area (Å²) in [6.07, 6.45) is 3.53. The maximum Gasteiger partial charge on any atom is 0.125 e. The zero-order valence-corrected chi connectivity index (χ0v) is 10.6. The molecule has 0 aromatic carbocycles. The normalized spacial score (nSPS) is 12.4. The fraction of sp³-hybridized carbons (Fsp3) is 0.308. The maximum absolute atomic E-state index is 9.13. The van der Waals surface area contributed by atoms with Crippen molar-refractivity contribution in [2.45, 2.75) is 19.8 Å². The minimum absolute atomic E-state index is 0.128. The van der Waals surface area contributed by atoms with Gasteiger partial charge in [0.05, 0.1) is 17.7 Å². The van der Waals surface area contributed by atoms with Crippen LogP contribution in [0.15, 0.2) is 29.9 Å². The van der Waals surface area contributed by atoms with Crippen LogP contribution in [0.5, 0.6) is 0 Å². The van der Waals surface area contributed by atoms with Gasteiger partial charge in [-0.25, -0.2) is 4.98 Å². The minimum Gasteiger partial charge on any atom is -0.264 e. The summed E-state index contributed by atoms with van der Waals surface area (Å²) in [5, 5.41) is 12.0. The average molecular weight is 243 g/mol. The molecule has 0 N–H and O–H groups in total. The lowest BCUT2D eigenvalue weighted by atomic mass is 9.95. The Bertz CT molecular complexity index is 525. The van der Waals surface area contributed by atoms with Gasteiger partial charge < -0.3 is 0 Å². The second kappa shape index (κ2) is 5.07. The number of hydrogen-bond donors (Lipinski definition) is 0. The van der Waals surface area contributed by atoms with E-state index >= 15 is 0 Å². The minimum atomic E-state index is -0.128. The lowest BCUT2D eigenvalue weighted by Crippen LogP contribution is -2.04. The number of rotatable bonds is 3. The number of pyridine rings is 1. The molecule has 0 aliphatic carbocycles. The van der Waals surface area contributed by atoms with Crippen LogP contribution in [0.4, 0.5) is 0 Å². The Morgan fingerprint density at radius 2 is 2.24 bits per heavy atom. The van der Waals surface area contributed by atoms with Gasteiger partial charge in [-0.1, -0.05) is 13.8 Å². The Morgan fingerprint density at radius 3 is 2.82 bits per heavy atom. The highest BCUT2D eigenvalue weighted by molar-refractivity contribution is 7.13. The van der Waals surface area contributed by atoms with Gasteiger partial charge >= 0.3 is 0 Å². The monoisotopic (exact) mass is 243 g/mol. The van der Waals surface area contributed by atoms with Gasteiger partial charge in [-0.05, 0) is 18.1 Å². The first kappa shape index (κ1) is 11.7. The highest BCUT2D eigenvalue weighted by Gasteiger charge is 2.18. The van der Waals surface area contributed by atoms with Crippen molar-refractivity contribution >= 4 is 11.3 Å². The van der Waals surface area contributed by atoms with Gasteiger partial charge in [-0.3, -0.25) is 4.98 Å². The first-order valence-electron chi connectivity index (χ1n) is 5.48. The number of hydrogen-bond acceptors (Lipinski definition) is 4. The smallest absolute Gasteiger partial charge is 0.125 e. The van der Waals surface area contributed by atoms with Crippen molar-refractivity contribution in [2.75, 3.05) is 0 Å². The van der Waals surface area contributed by atoms with Crippen LogP contribution in [0.25, 0.3) is 10.6 Å². The molecule has 0 fully saturated rings. The molecule has 1 atom stereocenters. The van der Waals surface area contributed by atoms with E-state index in [1.807, 2.05) is 31.4 Å². The molecule has 0 spiro atoms. The summed E-state index contributed by atoms with van der Waals surface area (Å²) in [5.74, 6) is 0.153. The molecule has 0 aliphatic heterocycles. The zero-order chi connectivity index (χ0) is 12.3. The molecule has 0 amide bonds. The molecule has 0 bridgehead atoms. The second-order valence-corrected chi connectivity index (χ2v) is 5.03. The largest absolute Gasteiger partial charge is 0.264 e. The van der Waals surface area contributed by atoms with Crippen LogP contribution in [-0.2, 0) is 0 Å². The van der Waals surface area contributed by atoms with Crippen LogP contribution in [0, 0.1) is 17.2 Å². The van der Waals surface area contributed by atoms with Gasteiger partial charge in [-0.15, -0.1) is 11.3 Å². The van der Waals surface area contributed by atoms with Crippen molar-refractivity contribution in [3.05, 3.63) is 35.6 Å². The van der Waals surface area contributed by atoms with Gasteiger partial charge in [0.1, 0.15) is 5.01 Å². The van der Waals surface area contributed by atoms with Gasteiger partial charge in [0, 0.05) is 23.3 Å². The number of aromatic nitrogens is 2. The van der Waals surface area contributed by atoms with Crippen LogP contribution >= 0.6 is 11.3 Å². The molecule has 2 aromatic rings. The van der Waals surface area contributed by atoms with Gasteiger partial charge in [-0.2, -0.15) is 5.26 Å². The van der Waals surface area contributed by atoms with E-state index in [0.717, 1.165) is 16.3 Å². The molecule has 2 heterocycles. The average Bonchev–Trinajstić information content (AvgIpc) is 2.80. The molecule has 0 radical (unpaired) electrons. The summed E-state index contributed by atoms with van der Waals surface area (Å²) in [4.78, 5) is 8.60. The highest BCUT2D eigenvalue weighted by atomic mass is 32.1. The van der Waals surface area contributed by atoms with Crippen LogP contribution in [0.1, 0.15) is 25.5 Å². The summed E-state index contributed by atoms with van der Waals surface area (Å²) >= 11 is 1.56. The third-order valence-corrected chi connectivity index (χ3v) is 3.46. The number of thiazole rings is 1. The van der Waals surface area contributed by atoms with E-state index in [4.69, 9.17) is 5.26 Å². The molecule has 86 valence electrons. The maximum atomic E-state index is 9.13. The molecule has 0 saturated carbocycles. The van der Waals surface area contributed by atoms with E-state index in [9.17, 15) is 0 Å². The quantitative estimate of drug-likeness (QED) is 0.829. The first-order valence-corrected chi connectivity index (χ1v) is 6.35. The predicted molar refractivity (Wildman–Crippen MR) is 68.5 cm³/mol. The van der Waals surface area contributed by atoms with Crippen LogP contribution in [-0.4, -0.2) is 9.97 Å². The summed E-state index contributed by atoms with van der Waals surface area (Å²) in [5.41, 5.74) is 1.87. The lowest BCUT2D eigenvalue weighted by Gasteiger charge is -2.08. The molecular formula is C13H13N3S. The van der Waals surface area contributed by atoms with Crippen LogP contribution in [0.2, 0.25) is 0 Å². The van der Waals surface area contributed by atoms with Crippen molar-refractivity contribution in [3.63, 3.8) is 0 Å². The number of nitrogens with zero attached hydrogens (tertiary/aromatic N) is 3. The van der Waals surface area contributed by atoms with Crippen molar-refractivity contribution < 1.29 is 0 Å². The Labute approximate surface area is 105 Å². The Hall–Kier alpha value is -1.73. The molecule has 0 saturated heterocycles. The van der Waals surface area contributed by atoms with E-state index in [2.05, 4.69) is 16.0 Å². The SMILES string of the molecule is CC(C)C(C#N)c1csc(-c2cccnc2)n1. The number of nitriles is 1. The fourth-order valence-corrected chi connectivity index (χ4v) is 2.45. The second-order valence-electron chi connectivity index (χ2n) is 4.17. The predicted octanol–water partition coefficient (Wildman–Crippen LogP) is 3.47. The third kappa shape index (κ3) is 2.51. The van der Waals surface area contributed by atoms with Crippen molar-refractivity contribution in [1.29, 1.82) is 5.26 Å². The van der Waals surface area contributed by atoms with Gasteiger partial charge in [0.25, 0.3) is 0 Å². The molecule has 3 nitrogen and oxygen atoms in total. The topological polar surface area (TPSA) is 49.6 Å². The summed E-state index contributed by atoms with van der Waals surface area (Å²) in [6.45, 7) is 4.08. The molecule has 0 aliphatic rings. The molecule has 4 heteroatoms. The molecule has 2 aromatic heterocycles. The first-order chi connectivity index (χ1) is 8.22. The van der Waals surface area contributed by atoms with Crippen LogP contribution < -0.4 is 0 Å². The van der Waals surface area contributed by atoms with Gasteiger partial charge in [0.15, 0.2) is 0 Å². The molecule has 17 heavy (non-hydrogen) atoms. The van der Waals surface area contributed by atoms with E-state index in [0.29, 0.717) is 0 Å². The zero-order valence-electron chi connectivity index (χ0n) is 9.79. The highest BCUT2D eigenvalue weighted by Crippen LogP contribution is 2.29. The van der Waals surface area contributed by atoms with E-state index in [-0.39, 0.29) is 11.8 Å². The summed E-state index contributed by atoms with van der Waals surface area (Å²) < 4.78 is 0. The van der Waals surface area contributed by atoms with Crippen molar-refractivity contribution in [2.24, 2.45) is 5.92 Å². The summed E-state index contributed by atoms with van der Waals surface area (Å²) in [7, 11) is 0. The fourth-order valence-electron chi connectivity index (χ4n) is 1.61. The Balaban J connectivity index is 2.31. The molecule has 1 unspecified atom stereocenters. The summed E-state index contributed by atoms with van der Waals surface area (Å²) in [6, 6.07) is 6.18. The third-order valence-electron chi connectivity index (χ3n) is 2.55. The van der Waals surface area contributed by atoms with Crippen molar-refractivity contribution in [1.82, 2.24) is 9.97 Å². The van der Waals surface area contributed by atoms with E-state index < -0.39 is 0 Å². The van der Waals surface area contributed by atoms with E-state index in [1.54, 1.807) is 23.7 Å². The van der Waals surface area contributed by atoms with Crippen molar-refractivity contribution in [3.8, 4) is 16.6 Å². The Morgan fingerprint density at radius 1 is 1.41 bits per heavy atom. The van der Waals surface area contributed by atoms with Gasteiger partial charge in [0.2, 0.25) is 0 Å². The van der Waals surface area contributed by atoms with E-state index in [1.165, 1.54) is 0 Å².